The highest BCUT2D eigenvalue weighted by Gasteiger charge is 1.95. The first-order chi connectivity index (χ1) is 11.7. The molecule has 0 nitrogen and oxygen atoms in total. The van der Waals surface area contributed by atoms with Crippen molar-refractivity contribution in [3.63, 3.8) is 0 Å². The average Bonchev–Trinajstić information content (AvgIpc) is 2.64. The predicted octanol–water partition coefficient (Wildman–Crippen LogP) is 10.1. The highest BCUT2D eigenvalue weighted by atomic mass is 14.0. The van der Waals surface area contributed by atoms with Gasteiger partial charge in [0.25, 0.3) is 0 Å². The fraction of sp³-hybridized carbons (Fsp3) is 1.00. The Kier molecular flexibility index (Phi) is 41.2. The van der Waals surface area contributed by atoms with Crippen molar-refractivity contribution in [3.05, 3.63) is 0 Å². The first-order valence-electron chi connectivity index (χ1n) is 11.7. The zero-order valence-electron chi connectivity index (χ0n) is 18.7. The highest BCUT2D eigenvalue weighted by Crippen LogP contribution is 2.15. The molecule has 0 aliphatic heterocycles. The molecule has 0 aromatic heterocycles. The number of unbranched alkanes of at least 4 members (excludes halogenated alkanes) is 9. The molecule has 1 aliphatic carbocycles. The molecule has 0 spiro atoms. The van der Waals surface area contributed by atoms with Crippen LogP contribution < -0.4 is 0 Å². The van der Waals surface area contributed by atoms with E-state index in [2.05, 4.69) is 41.5 Å². The predicted molar refractivity (Wildman–Crippen MR) is 117 cm³/mol. The summed E-state index contributed by atoms with van der Waals surface area (Å²) >= 11 is 0. The van der Waals surface area contributed by atoms with Crippen molar-refractivity contribution in [3.8, 4) is 0 Å². The SMILES string of the molecule is C1CCCCC1.CCCCC.CCCCCC.CCCCCCC. The zero-order valence-corrected chi connectivity index (χ0v) is 18.7. The molecule has 0 aromatic rings. The summed E-state index contributed by atoms with van der Waals surface area (Å²) in [6.07, 6.45) is 25.6. The first-order valence-corrected chi connectivity index (χ1v) is 11.7. The molecular formula is C24H54. The monoisotopic (exact) mass is 342 g/mol. The normalized spacial score (nSPS) is 12.8. The largest absolute Gasteiger partial charge is 0.0654 e. The lowest BCUT2D eigenvalue weighted by molar-refractivity contribution is 0.504. The van der Waals surface area contributed by atoms with Crippen molar-refractivity contribution < 1.29 is 0 Å². The van der Waals surface area contributed by atoms with Gasteiger partial charge in [-0.3, -0.25) is 0 Å². The summed E-state index contributed by atoms with van der Waals surface area (Å²) in [6.45, 7) is 13.4. The lowest BCUT2D eigenvalue weighted by atomic mass is 10.0. The fourth-order valence-corrected chi connectivity index (χ4v) is 2.59. The lowest BCUT2D eigenvalue weighted by Crippen LogP contribution is -1.85. The minimum atomic E-state index is 1.34. The maximum Gasteiger partial charge on any atom is -0.0533 e. The van der Waals surface area contributed by atoms with Crippen LogP contribution in [0.25, 0.3) is 0 Å². The van der Waals surface area contributed by atoms with Crippen LogP contribution in [0.5, 0.6) is 0 Å². The molecule has 1 aliphatic rings. The van der Waals surface area contributed by atoms with Gasteiger partial charge in [-0.05, 0) is 0 Å². The zero-order chi connectivity index (χ0) is 18.7. The average molecular weight is 343 g/mol. The molecule has 0 N–H and O–H groups in total. The van der Waals surface area contributed by atoms with Crippen molar-refractivity contribution >= 4 is 0 Å². The summed E-state index contributed by atoms with van der Waals surface area (Å²) in [5.74, 6) is 0. The molecule has 1 fully saturated rings. The summed E-state index contributed by atoms with van der Waals surface area (Å²) < 4.78 is 0. The Morgan fingerprint density at radius 2 is 0.500 bits per heavy atom. The van der Waals surface area contributed by atoms with Gasteiger partial charge in [-0.1, -0.05) is 157 Å². The summed E-state index contributed by atoms with van der Waals surface area (Å²) in [4.78, 5) is 0. The van der Waals surface area contributed by atoms with Crippen molar-refractivity contribution in [2.45, 2.75) is 157 Å². The standard InChI is InChI=1S/C7H16.C6H12.C6H14.C5H12/c1-3-5-7-6-4-2;1-2-4-6-5-3-1;1-3-5-6-4-2;1-3-5-4-2/h3-7H2,1-2H3;1-6H2;3-6H2,1-2H3;3-5H2,1-2H3. The van der Waals surface area contributed by atoms with E-state index in [1.807, 2.05) is 0 Å². The molecule has 0 heteroatoms. The van der Waals surface area contributed by atoms with Crippen LogP contribution in [-0.2, 0) is 0 Å². The van der Waals surface area contributed by atoms with Crippen molar-refractivity contribution in [2.75, 3.05) is 0 Å². The summed E-state index contributed by atoms with van der Waals surface area (Å²) in [7, 11) is 0. The topological polar surface area (TPSA) is 0 Å². The molecule has 0 amide bonds. The van der Waals surface area contributed by atoms with Crippen LogP contribution >= 0.6 is 0 Å². The van der Waals surface area contributed by atoms with Gasteiger partial charge in [0.1, 0.15) is 0 Å². The van der Waals surface area contributed by atoms with E-state index in [0.29, 0.717) is 0 Å². The Balaban J connectivity index is -0.000000247. The van der Waals surface area contributed by atoms with Crippen LogP contribution in [0.1, 0.15) is 157 Å². The number of hydrogen-bond donors (Lipinski definition) is 0. The third-order valence-corrected chi connectivity index (χ3v) is 4.37. The van der Waals surface area contributed by atoms with E-state index in [4.69, 9.17) is 0 Å². The maximum atomic E-state index is 2.25. The molecule has 0 saturated heterocycles. The molecule has 0 radical (unpaired) electrons. The molecule has 0 bridgehead atoms. The number of hydrogen-bond acceptors (Lipinski definition) is 0. The van der Waals surface area contributed by atoms with Crippen LogP contribution in [0.3, 0.4) is 0 Å². The van der Waals surface area contributed by atoms with Gasteiger partial charge >= 0.3 is 0 Å². The van der Waals surface area contributed by atoms with E-state index in [0.717, 1.165) is 0 Å². The van der Waals surface area contributed by atoms with E-state index in [1.54, 1.807) is 0 Å². The minimum Gasteiger partial charge on any atom is -0.0654 e. The molecule has 0 aromatic carbocycles. The second kappa shape index (κ2) is 34.4. The van der Waals surface area contributed by atoms with Gasteiger partial charge in [-0.15, -0.1) is 0 Å². The minimum absolute atomic E-state index is 1.34. The Morgan fingerprint density at radius 1 is 0.292 bits per heavy atom. The van der Waals surface area contributed by atoms with Gasteiger partial charge in [0.2, 0.25) is 0 Å². The fourth-order valence-electron chi connectivity index (χ4n) is 2.59. The molecule has 0 unspecified atom stereocenters. The number of rotatable bonds is 9. The quantitative estimate of drug-likeness (QED) is 0.365. The Morgan fingerprint density at radius 3 is 0.667 bits per heavy atom. The van der Waals surface area contributed by atoms with Crippen LogP contribution in [0, 0.1) is 0 Å². The third-order valence-electron chi connectivity index (χ3n) is 4.37. The second-order valence-corrected chi connectivity index (χ2v) is 7.24. The van der Waals surface area contributed by atoms with E-state index in [1.165, 1.54) is 116 Å². The Labute approximate surface area is 157 Å². The molecule has 0 atom stereocenters. The van der Waals surface area contributed by atoms with E-state index in [-0.39, 0.29) is 0 Å². The summed E-state index contributed by atoms with van der Waals surface area (Å²) in [6, 6.07) is 0. The molecule has 150 valence electrons. The van der Waals surface area contributed by atoms with E-state index in [9.17, 15) is 0 Å². The third kappa shape index (κ3) is 43.1. The first kappa shape index (κ1) is 28.8. The van der Waals surface area contributed by atoms with E-state index >= 15 is 0 Å². The lowest BCUT2D eigenvalue weighted by Gasteiger charge is -2.05. The summed E-state index contributed by atoms with van der Waals surface area (Å²) in [5, 5.41) is 0. The maximum absolute atomic E-state index is 2.25. The van der Waals surface area contributed by atoms with Crippen LogP contribution in [0.2, 0.25) is 0 Å². The van der Waals surface area contributed by atoms with Gasteiger partial charge in [-0.25, -0.2) is 0 Å². The van der Waals surface area contributed by atoms with Gasteiger partial charge in [0, 0.05) is 0 Å². The van der Waals surface area contributed by atoms with Crippen LogP contribution in [0.15, 0.2) is 0 Å². The van der Waals surface area contributed by atoms with Gasteiger partial charge < -0.3 is 0 Å². The molecule has 1 saturated carbocycles. The van der Waals surface area contributed by atoms with Crippen molar-refractivity contribution in [1.29, 1.82) is 0 Å². The van der Waals surface area contributed by atoms with Gasteiger partial charge in [-0.2, -0.15) is 0 Å². The Hall–Kier alpha value is 0. The molecule has 0 heterocycles. The Bertz CT molecular complexity index is 125. The molecule has 24 heavy (non-hydrogen) atoms. The van der Waals surface area contributed by atoms with E-state index < -0.39 is 0 Å². The van der Waals surface area contributed by atoms with Crippen LogP contribution in [-0.4, -0.2) is 0 Å². The highest BCUT2D eigenvalue weighted by molar-refractivity contribution is 4.51. The summed E-state index contributed by atoms with van der Waals surface area (Å²) in [5.41, 5.74) is 0. The van der Waals surface area contributed by atoms with Crippen LogP contribution in [0.4, 0.5) is 0 Å². The second-order valence-electron chi connectivity index (χ2n) is 7.24. The van der Waals surface area contributed by atoms with Gasteiger partial charge in [0.15, 0.2) is 0 Å². The molecule has 1 rings (SSSR count). The van der Waals surface area contributed by atoms with Gasteiger partial charge in [0.05, 0.1) is 0 Å². The molecular weight excluding hydrogens is 288 g/mol. The van der Waals surface area contributed by atoms with Crippen molar-refractivity contribution in [2.24, 2.45) is 0 Å². The smallest absolute Gasteiger partial charge is 0.0533 e. The van der Waals surface area contributed by atoms with Crippen molar-refractivity contribution in [1.82, 2.24) is 0 Å².